The molecule has 7 heteroatoms. The molecule has 0 aromatic carbocycles. The van der Waals surface area contributed by atoms with Crippen molar-refractivity contribution in [2.75, 3.05) is 6.61 Å². The summed E-state index contributed by atoms with van der Waals surface area (Å²) in [6.07, 6.45) is 4.38. The van der Waals surface area contributed by atoms with Crippen LogP contribution in [0.2, 0.25) is 0 Å². The van der Waals surface area contributed by atoms with Crippen molar-refractivity contribution in [3.63, 3.8) is 0 Å². The van der Waals surface area contributed by atoms with E-state index in [1.54, 1.807) is 20.8 Å². The Kier molecular flexibility index (Phi) is 4.93. The first-order valence-corrected chi connectivity index (χ1v) is 7.43. The average Bonchev–Trinajstić information content (AvgIpc) is 3.07. The number of carbonyl (C=O) groups is 2. The maximum Gasteiger partial charge on any atom is 0.360 e. The fourth-order valence-corrected chi connectivity index (χ4v) is 2.60. The van der Waals surface area contributed by atoms with Crippen molar-refractivity contribution in [2.45, 2.75) is 58.5 Å². The summed E-state index contributed by atoms with van der Waals surface area (Å²) in [6.45, 7) is 5.48. The van der Waals surface area contributed by atoms with Crippen molar-refractivity contribution in [3.05, 3.63) is 11.4 Å². The second kappa shape index (κ2) is 6.69. The topological polar surface area (TPSA) is 86.1 Å². The van der Waals surface area contributed by atoms with Crippen molar-refractivity contribution in [2.24, 2.45) is 0 Å². The predicted octanol–water partition coefficient (Wildman–Crippen LogP) is 1.38. The third kappa shape index (κ3) is 3.40. The highest BCUT2D eigenvalue weighted by molar-refractivity contribution is 5.88. The molecule has 0 radical (unpaired) electrons. The van der Waals surface area contributed by atoms with E-state index in [0.29, 0.717) is 5.69 Å². The molecule has 0 spiro atoms. The molecule has 0 saturated heterocycles. The fourth-order valence-electron chi connectivity index (χ4n) is 2.60. The Balaban J connectivity index is 2.06. The van der Waals surface area contributed by atoms with Crippen LogP contribution in [0.3, 0.4) is 0 Å². The molecule has 0 bridgehead atoms. The molecule has 7 nitrogen and oxygen atoms in total. The molecule has 2 rings (SSSR count). The fraction of sp³-hybridized carbons (Fsp3) is 0.714. The van der Waals surface area contributed by atoms with Gasteiger partial charge < -0.3 is 10.1 Å². The average molecular weight is 294 g/mol. The highest BCUT2D eigenvalue weighted by atomic mass is 16.5. The van der Waals surface area contributed by atoms with Crippen LogP contribution >= 0.6 is 0 Å². The summed E-state index contributed by atoms with van der Waals surface area (Å²) in [5.41, 5.74) is 0.708. The zero-order valence-electron chi connectivity index (χ0n) is 12.8. The standard InChI is InChI=1S/C14H22N4O3/c1-4-21-14(20)12-9(2)18(17-16-12)10(3)13(19)15-11-7-5-6-8-11/h10-11H,4-8H2,1-3H3,(H,15,19). The van der Waals surface area contributed by atoms with E-state index < -0.39 is 12.0 Å². The number of hydrogen-bond acceptors (Lipinski definition) is 5. The summed E-state index contributed by atoms with van der Waals surface area (Å²) in [4.78, 5) is 24.0. The molecule has 1 N–H and O–H groups in total. The first-order chi connectivity index (χ1) is 10.0. The maximum absolute atomic E-state index is 12.2. The summed E-state index contributed by atoms with van der Waals surface area (Å²) in [7, 11) is 0. The first-order valence-electron chi connectivity index (χ1n) is 7.43. The summed E-state index contributed by atoms with van der Waals surface area (Å²) in [6, 6.07) is -0.241. The van der Waals surface area contributed by atoms with Crippen molar-refractivity contribution < 1.29 is 14.3 Å². The molecule has 0 aliphatic heterocycles. The highest BCUT2D eigenvalue weighted by Crippen LogP contribution is 2.19. The number of rotatable bonds is 5. The number of ether oxygens (including phenoxy) is 1. The molecule has 1 heterocycles. The molecule has 1 atom stereocenters. The van der Waals surface area contributed by atoms with Crippen LogP contribution in [0.15, 0.2) is 0 Å². The lowest BCUT2D eigenvalue weighted by Gasteiger charge is -2.17. The minimum atomic E-state index is -0.510. The highest BCUT2D eigenvalue weighted by Gasteiger charge is 2.26. The van der Waals surface area contributed by atoms with E-state index in [1.165, 1.54) is 4.68 Å². The number of hydrogen-bond donors (Lipinski definition) is 1. The van der Waals surface area contributed by atoms with Crippen molar-refractivity contribution >= 4 is 11.9 Å². The number of esters is 1. The Morgan fingerprint density at radius 3 is 2.71 bits per heavy atom. The summed E-state index contributed by atoms with van der Waals surface area (Å²) >= 11 is 0. The van der Waals surface area contributed by atoms with Gasteiger partial charge in [-0.15, -0.1) is 5.10 Å². The smallest absolute Gasteiger partial charge is 0.360 e. The van der Waals surface area contributed by atoms with E-state index in [1.807, 2.05) is 0 Å². The van der Waals surface area contributed by atoms with Crippen molar-refractivity contribution in [1.29, 1.82) is 0 Å². The second-order valence-corrected chi connectivity index (χ2v) is 5.35. The summed E-state index contributed by atoms with van der Waals surface area (Å²) in [5.74, 6) is -0.602. The molecule has 116 valence electrons. The Bertz CT molecular complexity index is 520. The minimum Gasteiger partial charge on any atom is -0.461 e. The first kappa shape index (κ1) is 15.5. The molecule has 1 aromatic heterocycles. The van der Waals surface area contributed by atoms with Crippen LogP contribution in [-0.4, -0.2) is 39.5 Å². The third-order valence-electron chi connectivity index (χ3n) is 3.84. The Morgan fingerprint density at radius 1 is 1.43 bits per heavy atom. The molecule has 21 heavy (non-hydrogen) atoms. The lowest BCUT2D eigenvalue weighted by molar-refractivity contribution is -0.124. The van der Waals surface area contributed by atoms with Gasteiger partial charge in [0.15, 0.2) is 5.69 Å². The second-order valence-electron chi connectivity index (χ2n) is 5.35. The molecule has 1 aliphatic rings. The van der Waals surface area contributed by atoms with Crippen LogP contribution in [0, 0.1) is 6.92 Å². The predicted molar refractivity (Wildman–Crippen MR) is 75.8 cm³/mol. The number of nitrogens with zero attached hydrogens (tertiary/aromatic N) is 3. The normalized spacial score (nSPS) is 16.7. The van der Waals surface area contributed by atoms with E-state index in [4.69, 9.17) is 4.74 Å². The number of carbonyl (C=O) groups excluding carboxylic acids is 2. The monoisotopic (exact) mass is 294 g/mol. The maximum atomic E-state index is 12.2. The zero-order valence-corrected chi connectivity index (χ0v) is 12.8. The van der Waals surface area contributed by atoms with Gasteiger partial charge in [0.1, 0.15) is 6.04 Å². The largest absolute Gasteiger partial charge is 0.461 e. The van der Waals surface area contributed by atoms with Gasteiger partial charge in [0.05, 0.1) is 12.3 Å². The molecular weight excluding hydrogens is 272 g/mol. The molecule has 1 saturated carbocycles. The van der Waals surface area contributed by atoms with Crippen molar-refractivity contribution in [3.8, 4) is 0 Å². The van der Waals surface area contributed by atoms with Crippen LogP contribution in [0.5, 0.6) is 0 Å². The van der Waals surface area contributed by atoms with Gasteiger partial charge in [-0.2, -0.15) is 0 Å². The van der Waals surface area contributed by atoms with Crippen LogP contribution in [-0.2, 0) is 9.53 Å². The number of amides is 1. The van der Waals surface area contributed by atoms with E-state index in [2.05, 4.69) is 15.6 Å². The van der Waals surface area contributed by atoms with Crippen LogP contribution in [0.4, 0.5) is 0 Å². The molecular formula is C14H22N4O3. The van der Waals surface area contributed by atoms with Gasteiger partial charge >= 0.3 is 5.97 Å². The Morgan fingerprint density at radius 2 is 2.10 bits per heavy atom. The van der Waals surface area contributed by atoms with E-state index in [0.717, 1.165) is 25.7 Å². The van der Waals surface area contributed by atoms with E-state index in [9.17, 15) is 9.59 Å². The van der Waals surface area contributed by atoms with Gasteiger partial charge in [-0.25, -0.2) is 9.48 Å². The summed E-state index contributed by atoms with van der Waals surface area (Å²) in [5, 5.41) is 10.8. The molecule has 1 unspecified atom stereocenters. The Labute approximate surface area is 124 Å². The number of aromatic nitrogens is 3. The lowest BCUT2D eigenvalue weighted by Crippen LogP contribution is -2.38. The minimum absolute atomic E-state index is 0.0923. The lowest BCUT2D eigenvalue weighted by atomic mass is 10.2. The molecule has 1 amide bonds. The quantitative estimate of drug-likeness (QED) is 0.829. The van der Waals surface area contributed by atoms with Gasteiger partial charge in [-0.05, 0) is 33.6 Å². The van der Waals surface area contributed by atoms with E-state index in [-0.39, 0.29) is 24.2 Å². The third-order valence-corrected chi connectivity index (χ3v) is 3.84. The Hall–Kier alpha value is -1.92. The van der Waals surface area contributed by atoms with E-state index >= 15 is 0 Å². The van der Waals surface area contributed by atoms with Gasteiger partial charge in [0, 0.05) is 6.04 Å². The van der Waals surface area contributed by atoms with Gasteiger partial charge in [0.2, 0.25) is 5.91 Å². The molecule has 1 aromatic rings. The van der Waals surface area contributed by atoms with Crippen molar-refractivity contribution in [1.82, 2.24) is 20.3 Å². The van der Waals surface area contributed by atoms with Crippen LogP contribution in [0.1, 0.15) is 61.8 Å². The van der Waals surface area contributed by atoms with Crippen LogP contribution < -0.4 is 5.32 Å². The zero-order chi connectivity index (χ0) is 15.4. The molecule has 1 aliphatic carbocycles. The summed E-state index contributed by atoms with van der Waals surface area (Å²) < 4.78 is 6.38. The number of nitrogens with one attached hydrogen (secondary N) is 1. The SMILES string of the molecule is CCOC(=O)c1nnn(C(C)C(=O)NC2CCCC2)c1C. The van der Waals surface area contributed by atoms with Gasteiger partial charge in [-0.3, -0.25) is 4.79 Å². The van der Waals surface area contributed by atoms with Gasteiger partial charge in [-0.1, -0.05) is 18.1 Å². The van der Waals surface area contributed by atoms with Crippen LogP contribution in [0.25, 0.3) is 0 Å². The molecule has 1 fully saturated rings. The van der Waals surface area contributed by atoms with Gasteiger partial charge in [0.25, 0.3) is 0 Å².